The van der Waals surface area contributed by atoms with E-state index in [1.54, 1.807) is 24.3 Å². The Balaban J connectivity index is 1.54. The van der Waals surface area contributed by atoms with Crippen molar-refractivity contribution < 1.29 is 9.59 Å². The summed E-state index contributed by atoms with van der Waals surface area (Å²) in [6.07, 6.45) is 2.16. The Labute approximate surface area is 129 Å². The second-order valence-electron chi connectivity index (χ2n) is 5.49. The molecule has 4 heteroatoms. The molecule has 4 nitrogen and oxygen atoms in total. The molecule has 2 N–H and O–H groups in total. The van der Waals surface area contributed by atoms with Gasteiger partial charge in [-0.2, -0.15) is 0 Å². The molecule has 0 atom stereocenters. The van der Waals surface area contributed by atoms with Gasteiger partial charge in [0, 0.05) is 23.7 Å². The van der Waals surface area contributed by atoms with Crippen molar-refractivity contribution in [2.75, 3.05) is 0 Å². The van der Waals surface area contributed by atoms with E-state index in [-0.39, 0.29) is 11.8 Å². The summed E-state index contributed by atoms with van der Waals surface area (Å²) in [6, 6.07) is 16.8. The molecule has 1 fully saturated rings. The lowest BCUT2D eigenvalue weighted by Crippen LogP contribution is -2.25. The van der Waals surface area contributed by atoms with Crippen LogP contribution in [0.25, 0.3) is 0 Å². The summed E-state index contributed by atoms with van der Waals surface area (Å²) in [4.78, 5) is 23.8. The monoisotopic (exact) mass is 294 g/mol. The van der Waals surface area contributed by atoms with Crippen LogP contribution >= 0.6 is 0 Å². The Morgan fingerprint density at radius 3 is 2.14 bits per heavy atom. The first-order valence-corrected chi connectivity index (χ1v) is 7.45. The van der Waals surface area contributed by atoms with Crippen LogP contribution in [0.3, 0.4) is 0 Å². The van der Waals surface area contributed by atoms with Gasteiger partial charge in [0.1, 0.15) is 0 Å². The summed E-state index contributed by atoms with van der Waals surface area (Å²) in [6.45, 7) is 0.443. The molecule has 112 valence electrons. The van der Waals surface area contributed by atoms with Gasteiger partial charge in [0.25, 0.3) is 11.8 Å². The van der Waals surface area contributed by atoms with Crippen molar-refractivity contribution in [3.63, 3.8) is 0 Å². The van der Waals surface area contributed by atoms with Crippen molar-refractivity contribution >= 4 is 11.8 Å². The van der Waals surface area contributed by atoms with Crippen LogP contribution in [0.5, 0.6) is 0 Å². The highest BCUT2D eigenvalue weighted by Crippen LogP contribution is 2.19. The van der Waals surface area contributed by atoms with Gasteiger partial charge >= 0.3 is 0 Å². The number of carbonyl (C=O) groups is 2. The average molecular weight is 294 g/mol. The van der Waals surface area contributed by atoms with Crippen LogP contribution in [0, 0.1) is 0 Å². The number of rotatable bonds is 5. The molecular formula is C18H18N2O2. The van der Waals surface area contributed by atoms with Crippen molar-refractivity contribution in [1.82, 2.24) is 10.6 Å². The molecule has 0 radical (unpaired) electrons. The van der Waals surface area contributed by atoms with Crippen LogP contribution < -0.4 is 10.6 Å². The predicted octanol–water partition coefficient (Wildman–Crippen LogP) is 2.51. The van der Waals surface area contributed by atoms with Gasteiger partial charge in [-0.3, -0.25) is 9.59 Å². The molecule has 3 rings (SSSR count). The van der Waals surface area contributed by atoms with Gasteiger partial charge in [-0.1, -0.05) is 30.3 Å². The normalized spacial score (nSPS) is 13.5. The average Bonchev–Trinajstić information content (AvgIpc) is 3.38. The quantitative estimate of drug-likeness (QED) is 0.890. The standard InChI is InChI=1S/C18H18N2O2/c21-17(14-4-2-1-3-5-14)19-12-13-6-8-15(9-7-13)18(22)20-16-10-11-16/h1-9,16H,10-12H2,(H,19,21)(H,20,22). The molecule has 1 aliphatic carbocycles. The highest BCUT2D eigenvalue weighted by Gasteiger charge is 2.23. The van der Waals surface area contributed by atoms with Gasteiger partial charge in [0.2, 0.25) is 0 Å². The van der Waals surface area contributed by atoms with E-state index in [4.69, 9.17) is 0 Å². The van der Waals surface area contributed by atoms with Gasteiger partial charge in [-0.05, 0) is 42.7 Å². The van der Waals surface area contributed by atoms with Gasteiger partial charge in [0.05, 0.1) is 0 Å². The minimum absolute atomic E-state index is 0.0256. The van der Waals surface area contributed by atoms with E-state index >= 15 is 0 Å². The topological polar surface area (TPSA) is 58.2 Å². The van der Waals surface area contributed by atoms with Crippen LogP contribution in [0.1, 0.15) is 39.1 Å². The number of nitrogens with one attached hydrogen (secondary N) is 2. The molecule has 2 aromatic rings. The molecular weight excluding hydrogens is 276 g/mol. The van der Waals surface area contributed by atoms with Crippen molar-refractivity contribution in [3.8, 4) is 0 Å². The Hall–Kier alpha value is -2.62. The second kappa shape index (κ2) is 6.43. The zero-order chi connectivity index (χ0) is 15.4. The smallest absolute Gasteiger partial charge is 0.251 e. The maximum Gasteiger partial charge on any atom is 0.251 e. The number of amides is 2. The van der Waals surface area contributed by atoms with E-state index in [1.807, 2.05) is 30.3 Å². The fourth-order valence-electron chi connectivity index (χ4n) is 2.14. The maximum atomic E-state index is 11.9. The highest BCUT2D eigenvalue weighted by atomic mass is 16.2. The van der Waals surface area contributed by atoms with Crippen molar-refractivity contribution in [2.24, 2.45) is 0 Å². The summed E-state index contributed by atoms with van der Waals surface area (Å²) in [5, 5.41) is 5.82. The van der Waals surface area contributed by atoms with Crippen LogP contribution in [0.4, 0.5) is 0 Å². The minimum Gasteiger partial charge on any atom is -0.349 e. The van der Waals surface area contributed by atoms with Gasteiger partial charge < -0.3 is 10.6 Å². The zero-order valence-electron chi connectivity index (χ0n) is 12.2. The molecule has 1 aliphatic rings. The predicted molar refractivity (Wildman–Crippen MR) is 84.5 cm³/mol. The Morgan fingerprint density at radius 2 is 1.50 bits per heavy atom. The lowest BCUT2D eigenvalue weighted by molar-refractivity contribution is 0.0941. The molecule has 0 aliphatic heterocycles. The van der Waals surface area contributed by atoms with E-state index < -0.39 is 0 Å². The van der Waals surface area contributed by atoms with Crippen LogP contribution in [0.2, 0.25) is 0 Å². The van der Waals surface area contributed by atoms with Crippen molar-refractivity contribution in [3.05, 3.63) is 71.3 Å². The molecule has 0 bridgehead atoms. The fraction of sp³-hybridized carbons (Fsp3) is 0.222. The number of hydrogen-bond donors (Lipinski definition) is 2. The largest absolute Gasteiger partial charge is 0.349 e. The summed E-state index contributed by atoms with van der Waals surface area (Å²) < 4.78 is 0. The van der Waals surface area contributed by atoms with Crippen LogP contribution in [0.15, 0.2) is 54.6 Å². The molecule has 0 saturated heterocycles. The van der Waals surface area contributed by atoms with Crippen molar-refractivity contribution in [2.45, 2.75) is 25.4 Å². The molecule has 0 aromatic heterocycles. The summed E-state index contributed by atoms with van der Waals surface area (Å²) in [5.74, 6) is -0.126. The van der Waals surface area contributed by atoms with Crippen molar-refractivity contribution in [1.29, 1.82) is 0 Å². The molecule has 0 unspecified atom stereocenters. The highest BCUT2D eigenvalue weighted by molar-refractivity contribution is 5.95. The third kappa shape index (κ3) is 3.73. The maximum absolute atomic E-state index is 11.9. The van der Waals surface area contributed by atoms with E-state index in [1.165, 1.54) is 0 Å². The molecule has 0 spiro atoms. The summed E-state index contributed by atoms with van der Waals surface area (Å²) in [7, 11) is 0. The third-order valence-corrected chi connectivity index (χ3v) is 3.62. The van der Waals surface area contributed by atoms with E-state index in [0.29, 0.717) is 23.7 Å². The molecule has 2 amide bonds. The molecule has 2 aromatic carbocycles. The van der Waals surface area contributed by atoms with Crippen LogP contribution in [-0.2, 0) is 6.54 Å². The lowest BCUT2D eigenvalue weighted by Gasteiger charge is -2.07. The number of hydrogen-bond acceptors (Lipinski definition) is 2. The molecule has 1 saturated carbocycles. The number of benzene rings is 2. The first kappa shape index (κ1) is 14.3. The minimum atomic E-state index is -0.101. The lowest BCUT2D eigenvalue weighted by atomic mass is 10.1. The van der Waals surface area contributed by atoms with Gasteiger partial charge in [-0.15, -0.1) is 0 Å². The first-order chi connectivity index (χ1) is 10.7. The van der Waals surface area contributed by atoms with Crippen LogP contribution in [-0.4, -0.2) is 17.9 Å². The van der Waals surface area contributed by atoms with E-state index in [9.17, 15) is 9.59 Å². The van der Waals surface area contributed by atoms with Gasteiger partial charge in [0.15, 0.2) is 0 Å². The molecule has 0 heterocycles. The number of carbonyl (C=O) groups excluding carboxylic acids is 2. The van der Waals surface area contributed by atoms with E-state index in [0.717, 1.165) is 18.4 Å². The SMILES string of the molecule is O=C(NCc1ccc(C(=O)NC2CC2)cc1)c1ccccc1. The second-order valence-corrected chi connectivity index (χ2v) is 5.49. The zero-order valence-corrected chi connectivity index (χ0v) is 12.2. The first-order valence-electron chi connectivity index (χ1n) is 7.45. The Kier molecular flexibility index (Phi) is 4.19. The molecule has 22 heavy (non-hydrogen) atoms. The van der Waals surface area contributed by atoms with Gasteiger partial charge in [-0.25, -0.2) is 0 Å². The Bertz CT molecular complexity index is 661. The Morgan fingerprint density at radius 1 is 0.864 bits per heavy atom. The summed E-state index contributed by atoms with van der Waals surface area (Å²) in [5.41, 5.74) is 2.26. The third-order valence-electron chi connectivity index (χ3n) is 3.62. The van der Waals surface area contributed by atoms with E-state index in [2.05, 4.69) is 10.6 Å². The summed E-state index contributed by atoms with van der Waals surface area (Å²) >= 11 is 0. The fourth-order valence-corrected chi connectivity index (χ4v) is 2.14.